The molecule has 0 aliphatic rings. The van der Waals surface area contributed by atoms with Crippen molar-refractivity contribution in [3.05, 3.63) is 59.7 Å². The molecule has 0 heterocycles. The lowest BCUT2D eigenvalue weighted by molar-refractivity contribution is 0.559. The maximum absolute atomic E-state index is 10.3. The molecule has 0 bridgehead atoms. The standard InChI is InChI=1S/C16H15NO/c1-12-6-3-4-9-16(12)15-8-5-7-14(10-15)13(2)17-11-18/h3-10,13H,1-2H3. The van der Waals surface area contributed by atoms with Gasteiger partial charge in [0.15, 0.2) is 0 Å². The molecule has 0 N–H and O–H groups in total. The number of aliphatic imine (C=N–C) groups is 1. The van der Waals surface area contributed by atoms with E-state index in [4.69, 9.17) is 0 Å². The third-order valence-corrected chi connectivity index (χ3v) is 3.07. The van der Waals surface area contributed by atoms with Crippen LogP contribution in [-0.2, 0) is 4.79 Å². The Hall–Kier alpha value is -2.18. The highest BCUT2D eigenvalue weighted by Gasteiger charge is 2.06. The van der Waals surface area contributed by atoms with Crippen LogP contribution in [-0.4, -0.2) is 6.08 Å². The van der Waals surface area contributed by atoms with Gasteiger partial charge in [0.05, 0.1) is 6.04 Å². The molecule has 0 aliphatic heterocycles. The summed E-state index contributed by atoms with van der Waals surface area (Å²) in [6.07, 6.45) is 1.61. The van der Waals surface area contributed by atoms with E-state index in [0.29, 0.717) is 0 Å². The molecular formula is C16H15NO. The third kappa shape index (κ3) is 2.55. The number of carbonyl (C=O) groups excluding carboxylic acids is 1. The predicted molar refractivity (Wildman–Crippen MR) is 73.2 cm³/mol. The Morgan fingerprint density at radius 1 is 1.11 bits per heavy atom. The van der Waals surface area contributed by atoms with Crippen LogP contribution in [0.4, 0.5) is 0 Å². The molecular weight excluding hydrogens is 222 g/mol. The van der Waals surface area contributed by atoms with Crippen molar-refractivity contribution in [1.29, 1.82) is 0 Å². The van der Waals surface area contributed by atoms with E-state index in [1.807, 2.05) is 31.2 Å². The van der Waals surface area contributed by atoms with Crippen molar-refractivity contribution in [2.45, 2.75) is 19.9 Å². The van der Waals surface area contributed by atoms with E-state index >= 15 is 0 Å². The summed E-state index contributed by atoms with van der Waals surface area (Å²) in [5.41, 5.74) is 4.63. The number of hydrogen-bond donors (Lipinski definition) is 0. The molecule has 1 atom stereocenters. The van der Waals surface area contributed by atoms with Crippen molar-refractivity contribution < 1.29 is 4.79 Å². The van der Waals surface area contributed by atoms with Crippen LogP contribution in [0.25, 0.3) is 11.1 Å². The Morgan fingerprint density at radius 2 is 1.89 bits per heavy atom. The van der Waals surface area contributed by atoms with Crippen LogP contribution in [0.2, 0.25) is 0 Å². The fourth-order valence-corrected chi connectivity index (χ4v) is 2.02. The lowest BCUT2D eigenvalue weighted by Gasteiger charge is -2.09. The second-order valence-corrected chi connectivity index (χ2v) is 4.34. The van der Waals surface area contributed by atoms with Crippen LogP contribution < -0.4 is 0 Å². The van der Waals surface area contributed by atoms with Crippen molar-refractivity contribution in [2.24, 2.45) is 4.99 Å². The second kappa shape index (κ2) is 5.44. The largest absolute Gasteiger partial charge is 0.235 e. The van der Waals surface area contributed by atoms with Gasteiger partial charge in [0.2, 0.25) is 6.08 Å². The number of hydrogen-bond acceptors (Lipinski definition) is 2. The highest BCUT2D eigenvalue weighted by atomic mass is 16.1. The SMILES string of the molecule is Cc1ccccc1-c1cccc(C(C)N=C=O)c1. The molecule has 0 spiro atoms. The summed E-state index contributed by atoms with van der Waals surface area (Å²) in [5.74, 6) is 0. The highest BCUT2D eigenvalue weighted by molar-refractivity contribution is 5.67. The van der Waals surface area contributed by atoms with Crippen LogP contribution >= 0.6 is 0 Å². The van der Waals surface area contributed by atoms with Crippen LogP contribution in [0.1, 0.15) is 24.1 Å². The Morgan fingerprint density at radius 3 is 2.61 bits per heavy atom. The van der Waals surface area contributed by atoms with Gasteiger partial charge >= 0.3 is 0 Å². The molecule has 2 aromatic carbocycles. The van der Waals surface area contributed by atoms with E-state index in [9.17, 15) is 4.79 Å². The van der Waals surface area contributed by atoms with Crippen molar-refractivity contribution in [2.75, 3.05) is 0 Å². The monoisotopic (exact) mass is 237 g/mol. The van der Waals surface area contributed by atoms with Gasteiger partial charge in [-0.2, -0.15) is 4.99 Å². The highest BCUT2D eigenvalue weighted by Crippen LogP contribution is 2.26. The molecule has 0 saturated heterocycles. The molecule has 2 aromatic rings. The number of nitrogens with zero attached hydrogens (tertiary/aromatic N) is 1. The van der Waals surface area contributed by atoms with Crippen molar-refractivity contribution in [3.8, 4) is 11.1 Å². The summed E-state index contributed by atoms with van der Waals surface area (Å²) in [4.78, 5) is 14.1. The first-order valence-electron chi connectivity index (χ1n) is 5.95. The predicted octanol–water partition coefficient (Wildman–Crippen LogP) is 4.06. The number of aryl methyl sites for hydroxylation is 1. The average molecular weight is 237 g/mol. The third-order valence-electron chi connectivity index (χ3n) is 3.07. The van der Waals surface area contributed by atoms with Gasteiger partial charge < -0.3 is 0 Å². The summed E-state index contributed by atoms with van der Waals surface area (Å²) in [5, 5.41) is 0. The second-order valence-electron chi connectivity index (χ2n) is 4.34. The lowest BCUT2D eigenvalue weighted by Crippen LogP contribution is -1.90. The van der Waals surface area contributed by atoms with E-state index in [1.54, 1.807) is 6.08 Å². The molecule has 1 unspecified atom stereocenters. The van der Waals surface area contributed by atoms with Gasteiger partial charge in [0.1, 0.15) is 0 Å². The van der Waals surface area contributed by atoms with E-state index in [2.05, 4.69) is 36.2 Å². The normalized spacial score (nSPS) is 11.7. The molecule has 0 aromatic heterocycles. The van der Waals surface area contributed by atoms with Crippen molar-refractivity contribution in [3.63, 3.8) is 0 Å². The quantitative estimate of drug-likeness (QED) is 0.584. The number of benzene rings is 2. The molecule has 2 heteroatoms. The molecule has 90 valence electrons. The molecule has 18 heavy (non-hydrogen) atoms. The molecule has 0 fully saturated rings. The molecule has 2 nitrogen and oxygen atoms in total. The molecule has 0 amide bonds. The first-order chi connectivity index (χ1) is 8.72. The molecule has 2 rings (SSSR count). The minimum atomic E-state index is -0.147. The zero-order chi connectivity index (χ0) is 13.0. The Bertz CT molecular complexity index is 598. The number of rotatable bonds is 3. The van der Waals surface area contributed by atoms with Gasteiger partial charge in [0.25, 0.3) is 0 Å². The minimum absolute atomic E-state index is 0.147. The zero-order valence-electron chi connectivity index (χ0n) is 10.6. The molecule has 0 saturated carbocycles. The van der Waals surface area contributed by atoms with Gasteiger partial charge in [0, 0.05) is 0 Å². The topological polar surface area (TPSA) is 29.4 Å². The molecule has 0 radical (unpaired) electrons. The fraction of sp³-hybridized carbons (Fsp3) is 0.188. The zero-order valence-corrected chi connectivity index (χ0v) is 10.6. The van der Waals surface area contributed by atoms with Crippen molar-refractivity contribution >= 4 is 6.08 Å². The summed E-state index contributed by atoms with van der Waals surface area (Å²) >= 11 is 0. The average Bonchev–Trinajstić information content (AvgIpc) is 2.40. The maximum atomic E-state index is 10.3. The van der Waals surface area contributed by atoms with E-state index in [-0.39, 0.29) is 6.04 Å². The number of isocyanates is 1. The summed E-state index contributed by atoms with van der Waals surface area (Å²) in [7, 11) is 0. The van der Waals surface area contributed by atoms with Gasteiger partial charge in [-0.05, 0) is 42.2 Å². The van der Waals surface area contributed by atoms with Crippen LogP contribution in [0.5, 0.6) is 0 Å². The summed E-state index contributed by atoms with van der Waals surface area (Å²) in [6.45, 7) is 3.98. The maximum Gasteiger partial charge on any atom is 0.235 e. The smallest absolute Gasteiger partial charge is 0.211 e. The van der Waals surface area contributed by atoms with Gasteiger partial charge in [-0.1, -0.05) is 42.5 Å². The molecule has 0 aliphatic carbocycles. The van der Waals surface area contributed by atoms with E-state index in [1.165, 1.54) is 11.1 Å². The first-order valence-corrected chi connectivity index (χ1v) is 5.95. The minimum Gasteiger partial charge on any atom is -0.211 e. The van der Waals surface area contributed by atoms with Crippen LogP contribution in [0, 0.1) is 6.92 Å². The Kier molecular flexibility index (Phi) is 3.71. The van der Waals surface area contributed by atoms with Crippen molar-refractivity contribution in [1.82, 2.24) is 0 Å². The van der Waals surface area contributed by atoms with Crippen LogP contribution in [0.15, 0.2) is 53.5 Å². The van der Waals surface area contributed by atoms with Gasteiger partial charge in [-0.25, -0.2) is 4.79 Å². The lowest BCUT2D eigenvalue weighted by atomic mass is 9.97. The van der Waals surface area contributed by atoms with Crippen LogP contribution in [0.3, 0.4) is 0 Å². The van der Waals surface area contributed by atoms with E-state index < -0.39 is 0 Å². The summed E-state index contributed by atoms with van der Waals surface area (Å²) in [6, 6.07) is 16.2. The Balaban J connectivity index is 2.45. The van der Waals surface area contributed by atoms with E-state index in [0.717, 1.165) is 11.1 Å². The Labute approximate surface area is 107 Å². The fourth-order valence-electron chi connectivity index (χ4n) is 2.02. The van der Waals surface area contributed by atoms with Gasteiger partial charge in [-0.3, -0.25) is 0 Å². The van der Waals surface area contributed by atoms with Gasteiger partial charge in [-0.15, -0.1) is 0 Å². The summed E-state index contributed by atoms with van der Waals surface area (Å²) < 4.78 is 0. The first kappa shape index (κ1) is 12.3.